The highest BCUT2D eigenvalue weighted by Crippen LogP contribution is 2.24. The summed E-state index contributed by atoms with van der Waals surface area (Å²) in [6, 6.07) is 6.36. The van der Waals surface area contributed by atoms with Gasteiger partial charge in [0.15, 0.2) is 0 Å². The molecule has 106 valence electrons. The molecule has 0 aliphatic heterocycles. The molecule has 0 aromatic heterocycles. The third-order valence-corrected chi connectivity index (χ3v) is 2.70. The van der Waals surface area contributed by atoms with Crippen LogP contribution in [0.1, 0.15) is 33.3 Å². The van der Waals surface area contributed by atoms with Crippen molar-refractivity contribution in [2.75, 3.05) is 13.7 Å². The maximum Gasteiger partial charge on any atom is 0.124 e. The van der Waals surface area contributed by atoms with Gasteiger partial charge >= 0.3 is 0 Å². The third kappa shape index (κ3) is 5.79. The van der Waals surface area contributed by atoms with E-state index in [4.69, 9.17) is 9.47 Å². The molecule has 1 aromatic rings. The summed E-state index contributed by atoms with van der Waals surface area (Å²) in [5, 5.41) is 3.40. The van der Waals surface area contributed by atoms with Crippen LogP contribution in [-0.2, 0) is 6.54 Å². The summed E-state index contributed by atoms with van der Waals surface area (Å²) in [6.07, 6.45) is 2.07. The Bertz CT molecular complexity index is 421. The number of allylic oxidation sites excluding steroid dienone is 1. The fourth-order valence-electron chi connectivity index (χ4n) is 1.57. The number of methoxy groups -OCH3 is 1. The van der Waals surface area contributed by atoms with E-state index in [-0.39, 0.29) is 0 Å². The molecule has 1 rings (SSSR count). The second-order valence-electron chi connectivity index (χ2n) is 5.10. The Balaban J connectivity index is 2.79. The SMILES string of the molecule is COc1ccc(OCC=C(C)C)c(CNC(C)C)c1. The Morgan fingerprint density at radius 3 is 2.63 bits per heavy atom. The maximum absolute atomic E-state index is 5.81. The van der Waals surface area contributed by atoms with E-state index in [1.807, 2.05) is 18.2 Å². The Kier molecular flexibility index (Phi) is 6.43. The Labute approximate surface area is 116 Å². The first-order valence-corrected chi connectivity index (χ1v) is 6.69. The van der Waals surface area contributed by atoms with Gasteiger partial charge in [-0.05, 0) is 38.1 Å². The Morgan fingerprint density at radius 2 is 2.05 bits per heavy atom. The lowest BCUT2D eigenvalue weighted by Gasteiger charge is -2.14. The van der Waals surface area contributed by atoms with Crippen molar-refractivity contribution in [1.29, 1.82) is 0 Å². The van der Waals surface area contributed by atoms with Crippen molar-refractivity contribution in [1.82, 2.24) is 5.32 Å². The van der Waals surface area contributed by atoms with Crippen molar-refractivity contribution in [2.24, 2.45) is 0 Å². The summed E-state index contributed by atoms with van der Waals surface area (Å²) >= 11 is 0. The van der Waals surface area contributed by atoms with Gasteiger partial charge in [0.2, 0.25) is 0 Å². The monoisotopic (exact) mass is 263 g/mol. The van der Waals surface area contributed by atoms with E-state index in [1.54, 1.807) is 7.11 Å². The van der Waals surface area contributed by atoms with Gasteiger partial charge in [-0.3, -0.25) is 0 Å². The molecule has 19 heavy (non-hydrogen) atoms. The summed E-state index contributed by atoms with van der Waals surface area (Å²) < 4.78 is 11.1. The molecule has 0 radical (unpaired) electrons. The van der Waals surface area contributed by atoms with Crippen LogP contribution in [0.5, 0.6) is 11.5 Å². The number of ether oxygens (including phenoxy) is 2. The fraction of sp³-hybridized carbons (Fsp3) is 0.500. The molecule has 0 fully saturated rings. The van der Waals surface area contributed by atoms with Crippen molar-refractivity contribution in [2.45, 2.75) is 40.3 Å². The average Bonchev–Trinajstić information content (AvgIpc) is 2.36. The lowest BCUT2D eigenvalue weighted by molar-refractivity contribution is 0.353. The highest BCUT2D eigenvalue weighted by molar-refractivity contribution is 5.40. The van der Waals surface area contributed by atoms with Gasteiger partial charge in [0, 0.05) is 18.2 Å². The predicted molar refractivity (Wildman–Crippen MR) is 79.9 cm³/mol. The molecule has 0 amide bonds. The summed E-state index contributed by atoms with van der Waals surface area (Å²) in [5.74, 6) is 1.77. The van der Waals surface area contributed by atoms with Crippen LogP contribution >= 0.6 is 0 Å². The minimum atomic E-state index is 0.442. The minimum Gasteiger partial charge on any atom is -0.497 e. The minimum absolute atomic E-state index is 0.442. The lowest BCUT2D eigenvalue weighted by atomic mass is 10.1. The van der Waals surface area contributed by atoms with Crippen LogP contribution < -0.4 is 14.8 Å². The van der Waals surface area contributed by atoms with Crippen LogP contribution in [0, 0.1) is 0 Å². The van der Waals surface area contributed by atoms with Crippen LogP contribution in [0.15, 0.2) is 29.8 Å². The number of benzene rings is 1. The molecule has 0 spiro atoms. The Hall–Kier alpha value is -1.48. The van der Waals surface area contributed by atoms with Crippen LogP contribution in [0.2, 0.25) is 0 Å². The molecular weight excluding hydrogens is 238 g/mol. The maximum atomic E-state index is 5.81. The summed E-state index contributed by atoms with van der Waals surface area (Å²) in [4.78, 5) is 0. The zero-order chi connectivity index (χ0) is 14.3. The van der Waals surface area contributed by atoms with Crippen LogP contribution in [0.4, 0.5) is 0 Å². The summed E-state index contributed by atoms with van der Waals surface area (Å²) in [6.45, 7) is 9.77. The summed E-state index contributed by atoms with van der Waals surface area (Å²) in [5.41, 5.74) is 2.38. The van der Waals surface area contributed by atoms with Gasteiger partial charge in [0.1, 0.15) is 18.1 Å². The van der Waals surface area contributed by atoms with Gasteiger partial charge in [0.05, 0.1) is 7.11 Å². The zero-order valence-corrected chi connectivity index (χ0v) is 12.6. The first-order valence-electron chi connectivity index (χ1n) is 6.69. The molecule has 0 saturated carbocycles. The smallest absolute Gasteiger partial charge is 0.124 e. The number of nitrogens with one attached hydrogen (secondary N) is 1. The number of rotatable bonds is 7. The van der Waals surface area contributed by atoms with E-state index in [2.05, 4.69) is 39.1 Å². The Morgan fingerprint density at radius 1 is 1.32 bits per heavy atom. The van der Waals surface area contributed by atoms with Crippen LogP contribution in [0.3, 0.4) is 0 Å². The van der Waals surface area contributed by atoms with E-state index >= 15 is 0 Å². The molecule has 3 heteroatoms. The van der Waals surface area contributed by atoms with E-state index in [0.29, 0.717) is 12.6 Å². The van der Waals surface area contributed by atoms with E-state index < -0.39 is 0 Å². The average molecular weight is 263 g/mol. The van der Waals surface area contributed by atoms with Crippen molar-refractivity contribution in [3.8, 4) is 11.5 Å². The van der Waals surface area contributed by atoms with Gasteiger partial charge < -0.3 is 14.8 Å². The molecule has 3 nitrogen and oxygen atoms in total. The highest BCUT2D eigenvalue weighted by Gasteiger charge is 2.06. The van der Waals surface area contributed by atoms with Crippen molar-refractivity contribution in [3.05, 3.63) is 35.4 Å². The first kappa shape index (κ1) is 15.6. The molecule has 0 unspecified atom stereocenters. The molecule has 1 N–H and O–H groups in total. The summed E-state index contributed by atoms with van der Waals surface area (Å²) in [7, 11) is 1.68. The van der Waals surface area contributed by atoms with Crippen LogP contribution in [-0.4, -0.2) is 19.8 Å². The van der Waals surface area contributed by atoms with Gasteiger partial charge in [-0.15, -0.1) is 0 Å². The van der Waals surface area contributed by atoms with Gasteiger partial charge in [0.25, 0.3) is 0 Å². The van der Waals surface area contributed by atoms with Gasteiger partial charge in [-0.25, -0.2) is 0 Å². The first-order chi connectivity index (χ1) is 9.02. The normalized spacial score (nSPS) is 10.4. The molecule has 0 aliphatic carbocycles. The van der Waals surface area contributed by atoms with Gasteiger partial charge in [-0.2, -0.15) is 0 Å². The van der Waals surface area contributed by atoms with E-state index in [9.17, 15) is 0 Å². The molecule has 0 atom stereocenters. The zero-order valence-electron chi connectivity index (χ0n) is 12.6. The van der Waals surface area contributed by atoms with E-state index in [0.717, 1.165) is 23.6 Å². The molecule has 0 bridgehead atoms. The van der Waals surface area contributed by atoms with Gasteiger partial charge in [-0.1, -0.05) is 19.4 Å². The quantitative estimate of drug-likeness (QED) is 0.763. The fourth-order valence-corrected chi connectivity index (χ4v) is 1.57. The number of hydrogen-bond acceptors (Lipinski definition) is 3. The van der Waals surface area contributed by atoms with E-state index in [1.165, 1.54) is 5.57 Å². The highest BCUT2D eigenvalue weighted by atomic mass is 16.5. The third-order valence-electron chi connectivity index (χ3n) is 2.70. The van der Waals surface area contributed by atoms with Crippen LogP contribution in [0.25, 0.3) is 0 Å². The standard InChI is InChI=1S/C16H25NO2/c1-12(2)8-9-19-16-7-6-15(18-5)10-14(16)11-17-13(3)4/h6-8,10,13,17H,9,11H2,1-5H3. The molecule has 0 aliphatic rings. The van der Waals surface area contributed by atoms with Crippen molar-refractivity contribution in [3.63, 3.8) is 0 Å². The topological polar surface area (TPSA) is 30.5 Å². The second kappa shape index (κ2) is 7.85. The van der Waals surface area contributed by atoms with Crippen molar-refractivity contribution < 1.29 is 9.47 Å². The number of hydrogen-bond donors (Lipinski definition) is 1. The molecule has 0 saturated heterocycles. The molecule has 1 aromatic carbocycles. The molecular formula is C16H25NO2. The predicted octanol–water partition coefficient (Wildman–Crippen LogP) is 3.54. The largest absolute Gasteiger partial charge is 0.497 e. The second-order valence-corrected chi connectivity index (χ2v) is 5.10. The molecule has 0 heterocycles. The van der Waals surface area contributed by atoms with Crippen molar-refractivity contribution >= 4 is 0 Å². The lowest BCUT2D eigenvalue weighted by Crippen LogP contribution is -2.22.